The number of pyridine rings is 2. The van der Waals surface area contributed by atoms with Gasteiger partial charge in [-0.05, 0) is 36.4 Å². The average molecular weight is 472 g/mol. The Kier molecular flexibility index (Phi) is 3.91. The lowest BCUT2D eigenvalue weighted by molar-refractivity contribution is -0.0579. The molecule has 3 aromatic heterocycles. The van der Waals surface area contributed by atoms with Crippen molar-refractivity contribution < 1.29 is 17.6 Å². The molecule has 4 heterocycles. The van der Waals surface area contributed by atoms with Crippen LogP contribution >= 0.6 is 23.2 Å². The molecule has 1 aliphatic heterocycles. The number of ether oxygens (including phenoxy) is 1. The number of alkyl halides is 2. The Bertz CT molecular complexity index is 1370. The third kappa shape index (κ3) is 3.53. The Labute approximate surface area is 188 Å². The zero-order valence-electron chi connectivity index (χ0n) is 18.6. The van der Waals surface area contributed by atoms with E-state index in [1.165, 1.54) is 18.5 Å². The fraction of sp³-hybridized carbons (Fsp3) is 0.368. The topological polar surface area (TPSA) is 94.0 Å². The predicted molar refractivity (Wildman–Crippen MR) is 113 cm³/mol. The normalized spacial score (nSPS) is 21.7. The van der Waals surface area contributed by atoms with Crippen LogP contribution in [0.2, 0.25) is 10.3 Å². The van der Waals surface area contributed by atoms with E-state index in [4.69, 9.17) is 32.1 Å². The Balaban J connectivity index is 1.72. The molecule has 1 aliphatic carbocycles. The fourth-order valence-corrected chi connectivity index (χ4v) is 3.85. The SMILES string of the molecule is [2H]C([2H])([2H])n1c(=O)c2c(c3cc(Nc4nc(Cl)ncc4Cl)cnc31)N[C@@H](C1CC1)C(F)(F)CO2. The minimum atomic E-state index is -3.28. The second-order valence-corrected chi connectivity index (χ2v) is 8.15. The first-order valence-corrected chi connectivity index (χ1v) is 10.0. The van der Waals surface area contributed by atoms with Gasteiger partial charge in [0, 0.05) is 16.5 Å². The molecule has 162 valence electrons. The number of rotatable bonds is 3. The number of hydrogen-bond acceptors (Lipinski definition) is 7. The molecule has 1 saturated carbocycles. The van der Waals surface area contributed by atoms with Crippen LogP contribution in [0.25, 0.3) is 11.0 Å². The van der Waals surface area contributed by atoms with Crippen LogP contribution in [0.1, 0.15) is 17.0 Å². The lowest BCUT2D eigenvalue weighted by Crippen LogP contribution is -2.44. The van der Waals surface area contributed by atoms with Crippen LogP contribution in [0.3, 0.4) is 0 Å². The van der Waals surface area contributed by atoms with Gasteiger partial charge >= 0.3 is 5.92 Å². The van der Waals surface area contributed by atoms with Crippen molar-refractivity contribution in [3.8, 4) is 5.75 Å². The zero-order valence-corrected chi connectivity index (χ0v) is 17.1. The third-order valence-corrected chi connectivity index (χ3v) is 5.67. The van der Waals surface area contributed by atoms with E-state index in [0.717, 1.165) is 0 Å². The van der Waals surface area contributed by atoms with Gasteiger partial charge in [0.25, 0.3) is 5.56 Å². The average Bonchev–Trinajstić information content (AvgIpc) is 3.58. The Morgan fingerprint density at radius 1 is 1.35 bits per heavy atom. The van der Waals surface area contributed by atoms with Gasteiger partial charge in [0.1, 0.15) is 10.7 Å². The molecule has 0 unspecified atom stereocenters. The first kappa shape index (κ1) is 16.9. The Morgan fingerprint density at radius 2 is 2.16 bits per heavy atom. The third-order valence-electron chi connectivity index (χ3n) is 5.21. The number of nitrogens with one attached hydrogen (secondary N) is 2. The highest BCUT2D eigenvalue weighted by Crippen LogP contribution is 2.45. The number of aromatic nitrogens is 4. The van der Waals surface area contributed by atoms with Gasteiger partial charge < -0.3 is 15.4 Å². The molecule has 0 saturated heterocycles. The molecule has 0 amide bonds. The molecule has 2 N–H and O–H groups in total. The first-order valence-electron chi connectivity index (χ1n) is 10.8. The molecule has 0 bridgehead atoms. The summed E-state index contributed by atoms with van der Waals surface area (Å²) in [6.07, 6.45) is 3.74. The number of fused-ring (bicyclic) bond motifs is 3. The Hall–Kier alpha value is -2.72. The quantitative estimate of drug-likeness (QED) is 0.557. The van der Waals surface area contributed by atoms with Crippen LogP contribution in [-0.4, -0.2) is 38.1 Å². The second-order valence-electron chi connectivity index (χ2n) is 7.41. The highest BCUT2D eigenvalue weighted by atomic mass is 35.5. The Morgan fingerprint density at radius 3 is 2.90 bits per heavy atom. The van der Waals surface area contributed by atoms with E-state index in [9.17, 15) is 13.6 Å². The monoisotopic (exact) mass is 471 g/mol. The van der Waals surface area contributed by atoms with E-state index in [-0.39, 0.29) is 44.5 Å². The van der Waals surface area contributed by atoms with Gasteiger partial charge in [0.2, 0.25) is 11.0 Å². The van der Waals surface area contributed by atoms with Crippen molar-refractivity contribution in [2.24, 2.45) is 12.9 Å². The van der Waals surface area contributed by atoms with Crippen molar-refractivity contribution >= 4 is 51.4 Å². The highest BCUT2D eigenvalue weighted by Gasteiger charge is 2.51. The zero-order chi connectivity index (χ0) is 24.4. The van der Waals surface area contributed by atoms with Gasteiger partial charge in [-0.2, -0.15) is 4.98 Å². The molecule has 0 aromatic carbocycles. The number of anilines is 3. The number of hydrogen-bond donors (Lipinski definition) is 2. The van der Waals surface area contributed by atoms with E-state index in [2.05, 4.69) is 25.6 Å². The van der Waals surface area contributed by atoms with E-state index < -0.39 is 36.9 Å². The van der Waals surface area contributed by atoms with E-state index in [1.807, 2.05) is 0 Å². The number of aryl methyl sites for hydroxylation is 1. The van der Waals surface area contributed by atoms with E-state index in [1.54, 1.807) is 0 Å². The molecule has 12 heteroatoms. The molecular formula is C19H16Cl2F2N6O2. The largest absolute Gasteiger partial charge is 0.480 e. The lowest BCUT2D eigenvalue weighted by atomic mass is 10.1. The van der Waals surface area contributed by atoms with E-state index in [0.29, 0.717) is 17.4 Å². The summed E-state index contributed by atoms with van der Waals surface area (Å²) in [7, 11) is 0. The van der Waals surface area contributed by atoms with Gasteiger partial charge in [-0.15, -0.1) is 0 Å². The summed E-state index contributed by atoms with van der Waals surface area (Å²) in [5, 5.41) is 5.82. The van der Waals surface area contributed by atoms with Crippen LogP contribution in [0, 0.1) is 5.92 Å². The van der Waals surface area contributed by atoms with Gasteiger partial charge in [-0.1, -0.05) is 11.6 Å². The molecule has 2 aliphatic rings. The molecule has 8 nitrogen and oxygen atoms in total. The molecule has 1 fully saturated rings. The highest BCUT2D eigenvalue weighted by molar-refractivity contribution is 6.33. The minimum Gasteiger partial charge on any atom is -0.480 e. The number of nitrogens with zero attached hydrogens (tertiary/aromatic N) is 4. The van der Waals surface area contributed by atoms with Gasteiger partial charge in [0.05, 0.1) is 29.8 Å². The van der Waals surface area contributed by atoms with Crippen LogP contribution in [-0.2, 0) is 6.98 Å². The van der Waals surface area contributed by atoms with Crippen LogP contribution in [0.4, 0.5) is 26.0 Å². The van der Waals surface area contributed by atoms with Crippen LogP contribution in [0.15, 0.2) is 23.3 Å². The molecular weight excluding hydrogens is 453 g/mol. The van der Waals surface area contributed by atoms with Crippen LogP contribution < -0.4 is 20.9 Å². The van der Waals surface area contributed by atoms with Crippen molar-refractivity contribution in [3.63, 3.8) is 0 Å². The maximum atomic E-state index is 14.8. The molecule has 31 heavy (non-hydrogen) atoms. The molecule has 5 rings (SSSR count). The van der Waals surface area contributed by atoms with E-state index >= 15 is 0 Å². The standard InChI is InChI=1S/C19H16Cl2F2N6O2/c1-29-16-10(4-9(5-24-16)26-15-11(20)6-25-18(21)28-15)12-13(17(29)30)31-7-19(22,23)14(27-12)8-2-3-8/h4-6,8,14,27H,2-3,7H2,1H3,(H,25,26,28)/t14-/m0/s1/i1D3. The summed E-state index contributed by atoms with van der Waals surface area (Å²) < 4.78 is 58.8. The lowest BCUT2D eigenvalue weighted by Gasteiger charge is -2.25. The van der Waals surface area contributed by atoms with Crippen LogP contribution in [0.5, 0.6) is 5.75 Å². The molecule has 3 aromatic rings. The molecule has 0 radical (unpaired) electrons. The minimum absolute atomic E-state index is 0.0439. The predicted octanol–water partition coefficient (Wildman–Crippen LogP) is 3.99. The smallest absolute Gasteiger partial charge is 0.301 e. The summed E-state index contributed by atoms with van der Waals surface area (Å²) in [5.41, 5.74) is -1.07. The maximum absolute atomic E-state index is 14.8. The summed E-state index contributed by atoms with van der Waals surface area (Å²) in [6.45, 7) is -4.00. The van der Waals surface area contributed by atoms with Gasteiger partial charge in [-0.3, -0.25) is 9.36 Å². The molecule has 0 spiro atoms. The summed E-state index contributed by atoms with van der Waals surface area (Å²) in [6, 6.07) is 0.158. The van der Waals surface area contributed by atoms with Gasteiger partial charge in [0.15, 0.2) is 12.4 Å². The molecule has 1 atom stereocenters. The maximum Gasteiger partial charge on any atom is 0.301 e. The van der Waals surface area contributed by atoms with Crippen molar-refractivity contribution in [2.45, 2.75) is 24.8 Å². The second kappa shape index (κ2) is 7.16. The van der Waals surface area contributed by atoms with Crippen molar-refractivity contribution in [1.29, 1.82) is 0 Å². The summed E-state index contributed by atoms with van der Waals surface area (Å²) in [5.74, 6) is -3.95. The van der Waals surface area contributed by atoms with Crippen molar-refractivity contribution in [3.05, 3.63) is 39.1 Å². The summed E-state index contributed by atoms with van der Waals surface area (Å²) >= 11 is 11.9. The van der Waals surface area contributed by atoms with Gasteiger partial charge in [-0.25, -0.2) is 18.7 Å². The fourth-order valence-electron chi connectivity index (χ4n) is 3.57. The first-order chi connectivity index (χ1) is 16.0. The van der Waals surface area contributed by atoms with Crippen molar-refractivity contribution in [1.82, 2.24) is 19.5 Å². The van der Waals surface area contributed by atoms with Crippen molar-refractivity contribution in [2.75, 3.05) is 17.2 Å². The summed E-state index contributed by atoms with van der Waals surface area (Å²) in [4.78, 5) is 25.0. The number of halogens is 4.